The highest BCUT2D eigenvalue weighted by Crippen LogP contribution is 2.17. The van der Waals surface area contributed by atoms with Crippen LogP contribution in [0.4, 0.5) is 0 Å². The first-order valence-electron chi connectivity index (χ1n) is 9.28. The van der Waals surface area contributed by atoms with Gasteiger partial charge in [-0.05, 0) is 44.4 Å². The minimum absolute atomic E-state index is 0.0136. The van der Waals surface area contributed by atoms with Crippen molar-refractivity contribution >= 4 is 21.7 Å². The smallest absolute Gasteiger partial charge is 0.221 e. The second-order valence-electron chi connectivity index (χ2n) is 6.62. The minimum Gasteiger partial charge on any atom is -0.357 e. The van der Waals surface area contributed by atoms with Crippen molar-refractivity contribution in [2.75, 3.05) is 19.3 Å². The molecule has 7 nitrogen and oxygen atoms in total. The molecule has 1 aromatic rings. The zero-order valence-electron chi connectivity index (χ0n) is 16.9. The van der Waals surface area contributed by atoms with Gasteiger partial charge in [0, 0.05) is 31.8 Å². The summed E-state index contributed by atoms with van der Waals surface area (Å²) in [4.78, 5) is 16.7. The fourth-order valence-corrected chi connectivity index (χ4v) is 3.44. The zero-order chi connectivity index (χ0) is 20.4. The Balaban J connectivity index is 2.66. The Hall–Kier alpha value is -2.09. The maximum absolute atomic E-state index is 11.8. The van der Waals surface area contributed by atoms with E-state index in [-0.39, 0.29) is 11.9 Å². The Bertz CT molecular complexity index is 760. The molecule has 1 unspecified atom stereocenters. The Morgan fingerprint density at radius 2 is 1.93 bits per heavy atom. The number of rotatable bonds is 9. The highest BCUT2D eigenvalue weighted by atomic mass is 32.2. The zero-order valence-corrected chi connectivity index (χ0v) is 17.7. The molecule has 8 heteroatoms. The van der Waals surface area contributed by atoms with E-state index in [1.807, 2.05) is 26.8 Å². The van der Waals surface area contributed by atoms with Crippen LogP contribution in [0.25, 0.3) is 0 Å². The number of nitrogens with zero attached hydrogens (tertiary/aromatic N) is 1. The lowest BCUT2D eigenvalue weighted by Gasteiger charge is -2.13. The van der Waals surface area contributed by atoms with Gasteiger partial charge in [-0.1, -0.05) is 19.1 Å². The molecule has 0 aliphatic heterocycles. The van der Waals surface area contributed by atoms with Gasteiger partial charge in [0.05, 0.1) is 11.4 Å². The number of carbonyl (C=O) groups excluding carboxylic acids is 1. The summed E-state index contributed by atoms with van der Waals surface area (Å²) >= 11 is 0. The first-order valence-corrected chi connectivity index (χ1v) is 11.2. The largest absolute Gasteiger partial charge is 0.357 e. The van der Waals surface area contributed by atoms with Gasteiger partial charge < -0.3 is 16.0 Å². The number of amides is 1. The lowest BCUT2D eigenvalue weighted by Crippen LogP contribution is -2.40. The van der Waals surface area contributed by atoms with Crippen LogP contribution in [0.2, 0.25) is 0 Å². The molecule has 1 atom stereocenters. The van der Waals surface area contributed by atoms with Crippen molar-refractivity contribution in [1.82, 2.24) is 16.0 Å². The van der Waals surface area contributed by atoms with Gasteiger partial charge in [-0.3, -0.25) is 4.79 Å². The molecule has 1 amide bonds. The highest BCUT2D eigenvalue weighted by molar-refractivity contribution is 7.90. The number of hydrogen-bond acceptors (Lipinski definition) is 4. The minimum atomic E-state index is -3.22. The monoisotopic (exact) mass is 396 g/mol. The molecule has 0 saturated heterocycles. The Kier molecular flexibility index (Phi) is 9.28. The van der Waals surface area contributed by atoms with Crippen LogP contribution in [0.3, 0.4) is 0 Å². The molecule has 0 aliphatic carbocycles. The van der Waals surface area contributed by atoms with Gasteiger partial charge in [0.2, 0.25) is 5.91 Å². The molecule has 0 saturated carbocycles. The molecular weight excluding hydrogens is 364 g/mol. The van der Waals surface area contributed by atoms with Crippen LogP contribution < -0.4 is 16.0 Å². The number of aryl methyl sites for hydroxylation is 1. The topological polar surface area (TPSA) is 99.7 Å². The average Bonchev–Trinajstić information content (AvgIpc) is 2.58. The summed E-state index contributed by atoms with van der Waals surface area (Å²) in [7, 11) is -3.22. The van der Waals surface area contributed by atoms with E-state index >= 15 is 0 Å². The number of nitrogens with one attached hydrogen (secondary N) is 3. The molecule has 0 aromatic heterocycles. The third-order valence-corrected chi connectivity index (χ3v) is 5.32. The van der Waals surface area contributed by atoms with E-state index < -0.39 is 9.84 Å². The summed E-state index contributed by atoms with van der Waals surface area (Å²) < 4.78 is 23.4. The van der Waals surface area contributed by atoms with Gasteiger partial charge in [-0.15, -0.1) is 0 Å². The summed E-state index contributed by atoms with van der Waals surface area (Å²) in [5.41, 5.74) is 1.64. The lowest BCUT2D eigenvalue weighted by molar-refractivity contribution is -0.121. The number of aliphatic imine (C=N–C) groups is 1. The fraction of sp³-hybridized carbons (Fsp3) is 0.579. The van der Waals surface area contributed by atoms with Gasteiger partial charge in [-0.25, -0.2) is 13.4 Å². The lowest BCUT2D eigenvalue weighted by atomic mass is 10.1. The predicted octanol–water partition coefficient (Wildman–Crippen LogP) is 1.76. The molecular formula is C19H32N4O3S. The summed E-state index contributed by atoms with van der Waals surface area (Å²) in [6, 6.07) is 5.41. The second-order valence-corrected chi connectivity index (χ2v) is 8.60. The first-order chi connectivity index (χ1) is 12.7. The third-order valence-electron chi connectivity index (χ3n) is 4.07. The highest BCUT2D eigenvalue weighted by Gasteiger charge is 2.11. The average molecular weight is 397 g/mol. The molecule has 0 aliphatic rings. The van der Waals surface area contributed by atoms with E-state index in [0.717, 1.165) is 12.0 Å². The molecule has 0 radical (unpaired) electrons. The second kappa shape index (κ2) is 10.9. The van der Waals surface area contributed by atoms with Gasteiger partial charge in [0.15, 0.2) is 15.8 Å². The van der Waals surface area contributed by atoms with E-state index in [1.54, 1.807) is 19.1 Å². The van der Waals surface area contributed by atoms with Crippen LogP contribution in [0, 0.1) is 6.92 Å². The van der Waals surface area contributed by atoms with Crippen molar-refractivity contribution < 1.29 is 13.2 Å². The van der Waals surface area contributed by atoms with Crippen molar-refractivity contribution in [3.8, 4) is 0 Å². The van der Waals surface area contributed by atoms with Crippen LogP contribution in [0.15, 0.2) is 28.1 Å². The number of carbonyl (C=O) groups is 1. The summed E-state index contributed by atoms with van der Waals surface area (Å²) in [6.07, 6.45) is 2.48. The van der Waals surface area contributed by atoms with Crippen molar-refractivity contribution in [3.63, 3.8) is 0 Å². The standard InChI is InChI=1S/C19H32N4O3S/c1-6-15(4)23-18(24)10-11-21-19(20-7-2)22-13-16-8-9-17(14(3)12-16)27(5,25)26/h8-9,12,15H,6-7,10-11,13H2,1-5H3,(H,23,24)(H2,20,21,22). The Morgan fingerprint density at radius 3 is 2.48 bits per heavy atom. The van der Waals surface area contributed by atoms with Gasteiger partial charge in [-0.2, -0.15) is 0 Å². The van der Waals surface area contributed by atoms with E-state index in [2.05, 4.69) is 20.9 Å². The normalized spacial score (nSPS) is 13.1. The van der Waals surface area contributed by atoms with E-state index in [1.165, 1.54) is 6.26 Å². The van der Waals surface area contributed by atoms with Gasteiger partial charge in [0.1, 0.15) is 0 Å². The number of sulfone groups is 1. The maximum Gasteiger partial charge on any atom is 0.221 e. The summed E-state index contributed by atoms with van der Waals surface area (Å²) in [5, 5.41) is 9.21. The van der Waals surface area contributed by atoms with Crippen molar-refractivity contribution in [2.45, 2.75) is 58.0 Å². The Morgan fingerprint density at radius 1 is 1.22 bits per heavy atom. The van der Waals surface area contributed by atoms with Crippen LogP contribution in [-0.4, -0.2) is 45.7 Å². The molecule has 0 spiro atoms. The molecule has 1 rings (SSSR count). The predicted molar refractivity (Wildman–Crippen MR) is 110 cm³/mol. The Labute approximate surface area is 163 Å². The van der Waals surface area contributed by atoms with Crippen molar-refractivity contribution in [2.24, 2.45) is 4.99 Å². The molecule has 152 valence electrons. The van der Waals surface area contributed by atoms with Crippen LogP contribution in [0.5, 0.6) is 0 Å². The van der Waals surface area contributed by atoms with Gasteiger partial charge >= 0.3 is 0 Å². The molecule has 0 heterocycles. The molecule has 27 heavy (non-hydrogen) atoms. The number of guanidine groups is 1. The van der Waals surface area contributed by atoms with E-state index in [0.29, 0.717) is 42.5 Å². The van der Waals surface area contributed by atoms with Gasteiger partial charge in [0.25, 0.3) is 0 Å². The van der Waals surface area contributed by atoms with E-state index in [4.69, 9.17) is 0 Å². The maximum atomic E-state index is 11.8. The van der Waals surface area contributed by atoms with Crippen LogP contribution >= 0.6 is 0 Å². The summed E-state index contributed by atoms with van der Waals surface area (Å²) in [5.74, 6) is 0.637. The van der Waals surface area contributed by atoms with Crippen molar-refractivity contribution in [1.29, 1.82) is 0 Å². The van der Waals surface area contributed by atoms with E-state index in [9.17, 15) is 13.2 Å². The number of hydrogen-bond donors (Lipinski definition) is 3. The fourth-order valence-electron chi connectivity index (χ4n) is 2.48. The molecule has 0 fully saturated rings. The first kappa shape index (κ1) is 23.0. The summed E-state index contributed by atoms with van der Waals surface area (Å²) in [6.45, 7) is 9.37. The molecule has 1 aromatic carbocycles. The third kappa shape index (κ3) is 8.43. The van der Waals surface area contributed by atoms with Crippen molar-refractivity contribution in [3.05, 3.63) is 29.3 Å². The molecule has 3 N–H and O–H groups in total. The SMILES string of the molecule is CCNC(=NCc1ccc(S(C)(=O)=O)c(C)c1)NCCC(=O)NC(C)CC. The number of benzene rings is 1. The quantitative estimate of drug-likeness (QED) is 0.436. The van der Waals surface area contributed by atoms with Crippen LogP contribution in [-0.2, 0) is 21.2 Å². The molecule has 0 bridgehead atoms. The van der Waals surface area contributed by atoms with Crippen LogP contribution in [0.1, 0.15) is 44.7 Å².